The molecule has 4 aromatic heterocycles. The largest absolute Gasteiger partial charge is 0.433 e. The van der Waals surface area contributed by atoms with E-state index in [0.717, 1.165) is 6.07 Å². The Hall–Kier alpha value is -3.48. The average molecular weight is 555 g/mol. The van der Waals surface area contributed by atoms with Crippen LogP contribution >= 0.6 is 34.5 Å². The molecule has 1 amide bonds. The molecule has 184 valence electrons. The molecular formula is C22H12Cl2F4N6OS. The molecule has 36 heavy (non-hydrogen) atoms. The van der Waals surface area contributed by atoms with Crippen molar-refractivity contribution in [3.63, 3.8) is 0 Å². The standard InChI is InChI=1S/C22H12Cl2F4N6OS/c23-12-10-33(9-11-4-1-2-5-13(11)25)32-19(12)30-21(35)18-17(24)20-29-14(15-6-3-7-36-15)8-16(22(26,27)28)34(20)31-18/h1-8,10H,9H2,(H,30,32,35). The Balaban J connectivity index is 1.49. The Morgan fingerprint density at radius 3 is 2.58 bits per heavy atom. The van der Waals surface area contributed by atoms with Gasteiger partial charge < -0.3 is 5.32 Å². The second-order valence-electron chi connectivity index (χ2n) is 7.47. The maximum Gasteiger partial charge on any atom is 0.433 e. The second-order valence-corrected chi connectivity index (χ2v) is 9.20. The molecule has 0 aliphatic rings. The zero-order valence-electron chi connectivity index (χ0n) is 17.7. The van der Waals surface area contributed by atoms with Gasteiger partial charge in [0.05, 0.1) is 17.1 Å². The number of carbonyl (C=O) groups is 1. The lowest BCUT2D eigenvalue weighted by atomic mass is 10.2. The Kier molecular flexibility index (Phi) is 6.18. The number of nitrogens with one attached hydrogen (secondary N) is 1. The number of thiophene rings is 1. The van der Waals surface area contributed by atoms with Gasteiger partial charge in [-0.15, -0.1) is 11.3 Å². The summed E-state index contributed by atoms with van der Waals surface area (Å²) < 4.78 is 57.1. The Morgan fingerprint density at radius 1 is 1.11 bits per heavy atom. The SMILES string of the molecule is O=C(Nc1nn(Cc2ccccc2F)cc1Cl)c1nn2c(C(F)(F)F)cc(-c3cccs3)nc2c1Cl. The van der Waals surface area contributed by atoms with Crippen molar-refractivity contribution >= 4 is 51.9 Å². The van der Waals surface area contributed by atoms with E-state index in [0.29, 0.717) is 15.0 Å². The third kappa shape index (κ3) is 4.54. The van der Waals surface area contributed by atoms with E-state index in [2.05, 4.69) is 20.5 Å². The van der Waals surface area contributed by atoms with Gasteiger partial charge in [-0.2, -0.15) is 23.4 Å². The number of hydrogen-bond donors (Lipinski definition) is 1. The van der Waals surface area contributed by atoms with Gasteiger partial charge in [0, 0.05) is 11.8 Å². The normalized spacial score (nSPS) is 11.8. The van der Waals surface area contributed by atoms with Crippen molar-refractivity contribution in [2.75, 3.05) is 5.32 Å². The highest BCUT2D eigenvalue weighted by atomic mass is 35.5. The van der Waals surface area contributed by atoms with Gasteiger partial charge in [0.25, 0.3) is 5.91 Å². The number of amides is 1. The molecule has 7 nitrogen and oxygen atoms in total. The van der Waals surface area contributed by atoms with Gasteiger partial charge in [-0.05, 0) is 23.6 Å². The van der Waals surface area contributed by atoms with Gasteiger partial charge in [0.1, 0.15) is 15.9 Å². The maximum absolute atomic E-state index is 13.9. The molecule has 1 N–H and O–H groups in total. The van der Waals surface area contributed by atoms with Gasteiger partial charge in [-0.1, -0.05) is 47.5 Å². The predicted molar refractivity (Wildman–Crippen MR) is 127 cm³/mol. The van der Waals surface area contributed by atoms with Crippen molar-refractivity contribution in [1.82, 2.24) is 24.4 Å². The van der Waals surface area contributed by atoms with Crippen molar-refractivity contribution < 1.29 is 22.4 Å². The Morgan fingerprint density at radius 2 is 1.89 bits per heavy atom. The van der Waals surface area contributed by atoms with E-state index >= 15 is 0 Å². The summed E-state index contributed by atoms with van der Waals surface area (Å²) in [6, 6.07) is 10.2. The fourth-order valence-corrected chi connectivity index (χ4v) is 4.55. The molecule has 0 aliphatic carbocycles. The smallest absolute Gasteiger partial charge is 0.302 e. The lowest BCUT2D eigenvalue weighted by Gasteiger charge is -2.10. The Bertz CT molecular complexity index is 1600. The van der Waals surface area contributed by atoms with E-state index in [4.69, 9.17) is 23.2 Å². The van der Waals surface area contributed by atoms with Crippen LogP contribution in [0, 0.1) is 5.82 Å². The van der Waals surface area contributed by atoms with Crippen LogP contribution in [0.1, 0.15) is 21.7 Å². The molecular weight excluding hydrogens is 543 g/mol. The van der Waals surface area contributed by atoms with Crippen LogP contribution in [0.4, 0.5) is 23.4 Å². The number of alkyl halides is 3. The minimum atomic E-state index is -4.80. The second kappa shape index (κ2) is 9.19. The van der Waals surface area contributed by atoms with Gasteiger partial charge in [-0.25, -0.2) is 13.9 Å². The molecule has 0 bridgehead atoms. The van der Waals surface area contributed by atoms with Crippen LogP contribution in [0.5, 0.6) is 0 Å². The van der Waals surface area contributed by atoms with Crippen molar-refractivity contribution in [3.05, 3.63) is 86.9 Å². The summed E-state index contributed by atoms with van der Waals surface area (Å²) in [7, 11) is 0. The lowest BCUT2D eigenvalue weighted by molar-refractivity contribution is -0.142. The summed E-state index contributed by atoms with van der Waals surface area (Å²) in [4.78, 5) is 17.6. The zero-order chi connectivity index (χ0) is 25.6. The number of carbonyl (C=O) groups excluding carboxylic acids is 1. The monoisotopic (exact) mass is 554 g/mol. The van der Waals surface area contributed by atoms with Gasteiger partial charge in [0.15, 0.2) is 22.9 Å². The van der Waals surface area contributed by atoms with Crippen LogP contribution in [0.25, 0.3) is 16.2 Å². The number of fused-ring (bicyclic) bond motifs is 1. The number of halogens is 6. The predicted octanol–water partition coefficient (Wildman–Crippen LogP) is 6.42. The Labute approximate surface area is 213 Å². The maximum atomic E-state index is 13.9. The first-order valence-electron chi connectivity index (χ1n) is 10.1. The van der Waals surface area contributed by atoms with E-state index in [9.17, 15) is 22.4 Å². The molecule has 4 heterocycles. The van der Waals surface area contributed by atoms with E-state index in [1.165, 1.54) is 28.3 Å². The minimum Gasteiger partial charge on any atom is -0.302 e. The number of nitrogens with zero attached hydrogens (tertiary/aromatic N) is 5. The number of anilines is 1. The summed E-state index contributed by atoms with van der Waals surface area (Å²) in [5.41, 5.74) is -1.61. The lowest BCUT2D eigenvalue weighted by Crippen LogP contribution is -2.16. The topological polar surface area (TPSA) is 77.1 Å². The molecule has 0 saturated heterocycles. The van der Waals surface area contributed by atoms with Crippen LogP contribution < -0.4 is 5.32 Å². The highest BCUT2D eigenvalue weighted by Gasteiger charge is 2.37. The molecule has 1 aromatic carbocycles. The van der Waals surface area contributed by atoms with Crippen LogP contribution in [0.15, 0.2) is 54.0 Å². The first-order valence-corrected chi connectivity index (χ1v) is 11.7. The van der Waals surface area contributed by atoms with Crippen LogP contribution in [0.3, 0.4) is 0 Å². The third-order valence-corrected chi connectivity index (χ3v) is 6.57. The summed E-state index contributed by atoms with van der Waals surface area (Å²) in [6.07, 6.45) is -3.43. The number of benzene rings is 1. The van der Waals surface area contributed by atoms with Crippen molar-refractivity contribution in [2.45, 2.75) is 12.7 Å². The number of aromatic nitrogens is 5. The molecule has 0 atom stereocenters. The fraction of sp³-hybridized carbons (Fsp3) is 0.0909. The molecule has 0 fully saturated rings. The number of hydrogen-bond acceptors (Lipinski definition) is 5. The summed E-state index contributed by atoms with van der Waals surface area (Å²) in [6.45, 7) is 0.0295. The molecule has 14 heteroatoms. The first kappa shape index (κ1) is 24.2. The minimum absolute atomic E-state index is 0.0219. The van der Waals surface area contributed by atoms with Crippen molar-refractivity contribution in [3.8, 4) is 10.6 Å². The summed E-state index contributed by atoms with van der Waals surface area (Å²) in [5.74, 6) is -1.50. The van der Waals surface area contributed by atoms with Crippen LogP contribution in [-0.4, -0.2) is 30.3 Å². The van der Waals surface area contributed by atoms with Gasteiger partial charge >= 0.3 is 6.18 Å². The molecule has 0 unspecified atom stereocenters. The quantitative estimate of drug-likeness (QED) is 0.254. The summed E-state index contributed by atoms with van der Waals surface area (Å²) >= 11 is 13.6. The number of rotatable bonds is 5. The molecule has 5 rings (SSSR count). The molecule has 0 radical (unpaired) electrons. The van der Waals surface area contributed by atoms with E-state index < -0.39 is 29.3 Å². The third-order valence-electron chi connectivity index (χ3n) is 5.05. The zero-order valence-corrected chi connectivity index (χ0v) is 20.1. The fourth-order valence-electron chi connectivity index (χ4n) is 3.42. The highest BCUT2D eigenvalue weighted by molar-refractivity contribution is 7.13. The van der Waals surface area contributed by atoms with E-state index in [1.54, 1.807) is 35.7 Å². The average Bonchev–Trinajstić information content (AvgIpc) is 3.55. The van der Waals surface area contributed by atoms with Gasteiger partial charge in [0.2, 0.25) is 0 Å². The van der Waals surface area contributed by atoms with Gasteiger partial charge in [-0.3, -0.25) is 9.48 Å². The first-order chi connectivity index (χ1) is 17.1. The van der Waals surface area contributed by atoms with Crippen LogP contribution in [-0.2, 0) is 12.7 Å². The van der Waals surface area contributed by atoms with Crippen molar-refractivity contribution in [1.29, 1.82) is 0 Å². The molecule has 0 spiro atoms. The van der Waals surface area contributed by atoms with Crippen LogP contribution in [0.2, 0.25) is 10.0 Å². The van der Waals surface area contributed by atoms with E-state index in [-0.39, 0.29) is 33.7 Å². The van der Waals surface area contributed by atoms with Crippen molar-refractivity contribution in [2.24, 2.45) is 0 Å². The molecule has 0 saturated carbocycles. The molecule has 5 aromatic rings. The highest BCUT2D eigenvalue weighted by Crippen LogP contribution is 2.35. The molecule has 0 aliphatic heterocycles. The summed E-state index contributed by atoms with van der Waals surface area (Å²) in [5, 5.41) is 11.6. The van der Waals surface area contributed by atoms with E-state index in [1.807, 2.05) is 0 Å².